The number of ether oxygens (including phenoxy) is 4. The number of fused-ring (bicyclic) bond motifs is 1. The summed E-state index contributed by atoms with van der Waals surface area (Å²) in [6, 6.07) is 12.5. The fourth-order valence-electron chi connectivity index (χ4n) is 2.77. The van der Waals surface area contributed by atoms with Crippen molar-refractivity contribution in [3.05, 3.63) is 48.4 Å². The van der Waals surface area contributed by atoms with Crippen LogP contribution in [0, 0.1) is 0 Å². The lowest BCUT2D eigenvalue weighted by molar-refractivity contribution is -0.113. The molecular formula is C20H19N3O6S. The summed E-state index contributed by atoms with van der Waals surface area (Å²) in [5, 5.41) is 11.0. The maximum atomic E-state index is 12.3. The first kappa shape index (κ1) is 19.9. The SMILES string of the molecule is COc1ccc(NC(=O)CSc2nnc(C3COc4ccccc4O3)o2)c(OC)c1. The molecule has 9 nitrogen and oxygen atoms in total. The van der Waals surface area contributed by atoms with Gasteiger partial charge >= 0.3 is 0 Å². The van der Waals surface area contributed by atoms with Gasteiger partial charge in [-0.1, -0.05) is 23.9 Å². The molecule has 0 aliphatic carbocycles. The van der Waals surface area contributed by atoms with Crippen molar-refractivity contribution in [2.45, 2.75) is 11.3 Å². The van der Waals surface area contributed by atoms with Crippen LogP contribution < -0.4 is 24.3 Å². The molecule has 1 aromatic heterocycles. The van der Waals surface area contributed by atoms with Crippen LogP contribution in [0.3, 0.4) is 0 Å². The van der Waals surface area contributed by atoms with E-state index in [1.807, 2.05) is 24.3 Å². The second kappa shape index (κ2) is 8.95. The molecule has 1 N–H and O–H groups in total. The van der Waals surface area contributed by atoms with Crippen molar-refractivity contribution in [3.63, 3.8) is 0 Å². The van der Waals surface area contributed by atoms with Crippen LogP contribution in [0.1, 0.15) is 12.0 Å². The van der Waals surface area contributed by atoms with Crippen LogP contribution in [0.25, 0.3) is 0 Å². The molecule has 4 rings (SSSR count). The van der Waals surface area contributed by atoms with E-state index in [-0.39, 0.29) is 23.5 Å². The summed E-state index contributed by atoms with van der Waals surface area (Å²) < 4.78 is 27.6. The van der Waals surface area contributed by atoms with Gasteiger partial charge in [0.1, 0.15) is 18.1 Å². The molecular weight excluding hydrogens is 410 g/mol. The number of carbonyl (C=O) groups excluding carboxylic acids is 1. The van der Waals surface area contributed by atoms with Gasteiger partial charge in [0.2, 0.25) is 12.0 Å². The first-order valence-electron chi connectivity index (χ1n) is 9.03. The van der Waals surface area contributed by atoms with Gasteiger partial charge in [-0.25, -0.2) is 0 Å². The smallest absolute Gasteiger partial charge is 0.277 e. The Bertz CT molecular complexity index is 1040. The van der Waals surface area contributed by atoms with Crippen molar-refractivity contribution in [2.24, 2.45) is 0 Å². The minimum absolute atomic E-state index is 0.0850. The lowest BCUT2D eigenvalue weighted by Gasteiger charge is -2.23. The molecule has 2 heterocycles. The maximum absolute atomic E-state index is 12.3. The second-order valence-electron chi connectivity index (χ2n) is 6.17. The van der Waals surface area contributed by atoms with E-state index >= 15 is 0 Å². The topological polar surface area (TPSA) is 105 Å². The van der Waals surface area contributed by atoms with Gasteiger partial charge in [0.05, 0.1) is 25.7 Å². The number of aromatic nitrogens is 2. The molecule has 1 amide bonds. The van der Waals surface area contributed by atoms with E-state index in [1.165, 1.54) is 7.11 Å². The van der Waals surface area contributed by atoms with Crippen LogP contribution in [-0.2, 0) is 4.79 Å². The van der Waals surface area contributed by atoms with E-state index in [0.29, 0.717) is 34.6 Å². The highest BCUT2D eigenvalue weighted by Gasteiger charge is 2.27. The number of hydrogen-bond donors (Lipinski definition) is 1. The van der Waals surface area contributed by atoms with Crippen LogP contribution in [0.5, 0.6) is 23.0 Å². The molecule has 1 unspecified atom stereocenters. The molecule has 0 spiro atoms. The highest BCUT2D eigenvalue weighted by molar-refractivity contribution is 7.99. The molecule has 0 bridgehead atoms. The van der Waals surface area contributed by atoms with Crippen molar-refractivity contribution >= 4 is 23.4 Å². The predicted octanol–water partition coefficient (Wildman–Crippen LogP) is 3.33. The van der Waals surface area contributed by atoms with Gasteiger partial charge in [-0.15, -0.1) is 10.2 Å². The van der Waals surface area contributed by atoms with Crippen LogP contribution in [0.4, 0.5) is 5.69 Å². The van der Waals surface area contributed by atoms with Crippen LogP contribution in [0.15, 0.2) is 52.1 Å². The van der Waals surface area contributed by atoms with Crippen molar-refractivity contribution in [1.82, 2.24) is 10.2 Å². The summed E-state index contributed by atoms with van der Waals surface area (Å²) in [4.78, 5) is 12.3. The number of methoxy groups -OCH3 is 2. The number of amides is 1. The lowest BCUT2D eigenvalue weighted by atomic mass is 10.2. The van der Waals surface area contributed by atoms with Gasteiger partial charge < -0.3 is 28.7 Å². The molecule has 1 aliphatic heterocycles. The van der Waals surface area contributed by atoms with Crippen molar-refractivity contribution in [1.29, 1.82) is 0 Å². The van der Waals surface area contributed by atoms with E-state index in [1.54, 1.807) is 25.3 Å². The highest BCUT2D eigenvalue weighted by Crippen LogP contribution is 2.36. The Kier molecular flexibility index (Phi) is 5.94. The third kappa shape index (κ3) is 4.43. The Hall–Kier alpha value is -3.40. The molecule has 156 valence electrons. The summed E-state index contributed by atoms with van der Waals surface area (Å²) >= 11 is 1.13. The first-order chi connectivity index (χ1) is 14.7. The van der Waals surface area contributed by atoms with Gasteiger partial charge in [0, 0.05) is 6.07 Å². The predicted molar refractivity (Wildman–Crippen MR) is 109 cm³/mol. The third-order valence-corrected chi connectivity index (χ3v) is 5.03. The summed E-state index contributed by atoms with van der Waals surface area (Å²) in [6.45, 7) is 0.265. The quantitative estimate of drug-likeness (QED) is 0.566. The number of anilines is 1. The number of nitrogens with one attached hydrogen (secondary N) is 1. The Labute approximate surface area is 176 Å². The van der Waals surface area contributed by atoms with Crippen molar-refractivity contribution in [2.75, 3.05) is 31.9 Å². The van der Waals surface area contributed by atoms with Crippen LogP contribution in [0.2, 0.25) is 0 Å². The number of thioether (sulfide) groups is 1. The Morgan fingerprint density at radius 1 is 1.17 bits per heavy atom. The molecule has 0 radical (unpaired) electrons. The van der Waals surface area contributed by atoms with Gasteiger partial charge in [0.15, 0.2) is 11.5 Å². The zero-order valence-electron chi connectivity index (χ0n) is 16.3. The zero-order valence-corrected chi connectivity index (χ0v) is 17.1. The van der Waals surface area contributed by atoms with E-state index in [0.717, 1.165) is 11.8 Å². The minimum atomic E-state index is -0.501. The van der Waals surface area contributed by atoms with E-state index in [4.69, 9.17) is 23.4 Å². The molecule has 30 heavy (non-hydrogen) atoms. The lowest BCUT2D eigenvalue weighted by Crippen LogP contribution is -2.21. The number of nitrogens with zero attached hydrogens (tertiary/aromatic N) is 2. The zero-order chi connectivity index (χ0) is 20.9. The molecule has 0 fully saturated rings. The van der Waals surface area contributed by atoms with Crippen LogP contribution >= 0.6 is 11.8 Å². The highest BCUT2D eigenvalue weighted by atomic mass is 32.2. The van der Waals surface area contributed by atoms with E-state index in [9.17, 15) is 4.79 Å². The van der Waals surface area contributed by atoms with Crippen LogP contribution in [-0.4, -0.2) is 42.7 Å². The fraction of sp³-hybridized carbons (Fsp3) is 0.250. The fourth-order valence-corrected chi connectivity index (χ4v) is 3.34. The van der Waals surface area contributed by atoms with Gasteiger partial charge in [-0.2, -0.15) is 0 Å². The number of hydrogen-bond acceptors (Lipinski definition) is 9. The number of benzene rings is 2. The molecule has 0 saturated heterocycles. The molecule has 2 aromatic carbocycles. The van der Waals surface area contributed by atoms with Gasteiger partial charge in [-0.05, 0) is 24.3 Å². The summed E-state index contributed by atoms with van der Waals surface area (Å²) in [7, 11) is 3.08. The first-order valence-corrected chi connectivity index (χ1v) is 10.0. The molecule has 1 atom stereocenters. The average Bonchev–Trinajstić information content (AvgIpc) is 3.27. The molecule has 3 aromatic rings. The molecule has 10 heteroatoms. The summed E-state index contributed by atoms with van der Waals surface area (Å²) in [6.07, 6.45) is -0.501. The standard InChI is InChI=1S/C20H19N3O6S/c1-25-12-7-8-13(16(9-12)26-2)21-18(24)11-30-20-23-22-19(29-20)17-10-27-14-5-3-4-6-15(14)28-17/h3-9,17H,10-11H2,1-2H3,(H,21,24). The van der Waals surface area contributed by atoms with Crippen molar-refractivity contribution < 1.29 is 28.2 Å². The monoisotopic (exact) mass is 429 g/mol. The average molecular weight is 429 g/mol. The maximum Gasteiger partial charge on any atom is 0.277 e. The Morgan fingerprint density at radius 3 is 2.80 bits per heavy atom. The normalized spacial score (nSPS) is 14.8. The molecule has 1 aliphatic rings. The number of carbonyl (C=O) groups is 1. The largest absolute Gasteiger partial charge is 0.497 e. The second-order valence-corrected chi connectivity index (χ2v) is 7.10. The third-order valence-electron chi connectivity index (χ3n) is 4.22. The number of para-hydroxylation sites is 2. The van der Waals surface area contributed by atoms with Gasteiger partial charge in [0.25, 0.3) is 11.1 Å². The Balaban J connectivity index is 1.33. The van der Waals surface area contributed by atoms with E-state index < -0.39 is 6.10 Å². The van der Waals surface area contributed by atoms with Gasteiger partial charge in [-0.3, -0.25) is 4.79 Å². The number of rotatable bonds is 7. The Morgan fingerprint density at radius 2 is 2.00 bits per heavy atom. The summed E-state index contributed by atoms with van der Waals surface area (Å²) in [5.41, 5.74) is 0.543. The summed E-state index contributed by atoms with van der Waals surface area (Å²) in [5.74, 6) is 2.57. The van der Waals surface area contributed by atoms with Crippen molar-refractivity contribution in [3.8, 4) is 23.0 Å². The molecule has 0 saturated carbocycles. The van der Waals surface area contributed by atoms with E-state index in [2.05, 4.69) is 15.5 Å². The minimum Gasteiger partial charge on any atom is -0.497 e.